The summed E-state index contributed by atoms with van der Waals surface area (Å²) in [4.78, 5) is 2.15. The van der Waals surface area contributed by atoms with Crippen molar-refractivity contribution in [3.63, 3.8) is 0 Å². The molecule has 1 heterocycles. The van der Waals surface area contributed by atoms with Crippen LogP contribution in [0.3, 0.4) is 0 Å². The molecule has 0 spiro atoms. The summed E-state index contributed by atoms with van der Waals surface area (Å²) >= 11 is 0. The standard InChI is InChI=1S/C7H13N2/c1-4-9-6-5-8(3)7(9)2/h4H,1,5-6H2,2-3H3/q+1. The molecule has 1 aliphatic heterocycles. The van der Waals surface area contributed by atoms with Crippen LogP contribution in [0.1, 0.15) is 6.92 Å². The van der Waals surface area contributed by atoms with E-state index in [2.05, 4.69) is 30.0 Å². The SMILES string of the molecule is C=CN1CC[N+](C)=C1C. The number of rotatable bonds is 1. The summed E-state index contributed by atoms with van der Waals surface area (Å²) in [7, 11) is 2.10. The molecule has 0 saturated carbocycles. The zero-order chi connectivity index (χ0) is 6.85. The minimum absolute atomic E-state index is 1.09. The second kappa shape index (κ2) is 2.21. The van der Waals surface area contributed by atoms with Crippen LogP contribution in [-0.4, -0.2) is 35.4 Å². The van der Waals surface area contributed by atoms with Crippen LogP contribution in [-0.2, 0) is 0 Å². The first-order valence-corrected chi connectivity index (χ1v) is 3.19. The van der Waals surface area contributed by atoms with Crippen LogP contribution in [0.15, 0.2) is 12.8 Å². The summed E-state index contributed by atoms with van der Waals surface area (Å²) in [6, 6.07) is 0. The van der Waals surface area contributed by atoms with Gasteiger partial charge in [-0.15, -0.1) is 0 Å². The van der Waals surface area contributed by atoms with E-state index in [0.717, 1.165) is 13.1 Å². The summed E-state index contributed by atoms with van der Waals surface area (Å²) in [5, 5.41) is 0. The Morgan fingerprint density at radius 1 is 1.78 bits per heavy atom. The van der Waals surface area contributed by atoms with Gasteiger partial charge in [0.05, 0.1) is 13.2 Å². The van der Waals surface area contributed by atoms with Crippen LogP contribution >= 0.6 is 0 Å². The number of hydrogen-bond donors (Lipinski definition) is 0. The highest BCUT2D eigenvalue weighted by Gasteiger charge is 2.20. The normalized spacial score (nSPS) is 19.1. The molecule has 0 amide bonds. The average molecular weight is 125 g/mol. The molecule has 1 rings (SSSR count). The van der Waals surface area contributed by atoms with E-state index in [1.54, 1.807) is 0 Å². The first-order chi connectivity index (χ1) is 4.25. The van der Waals surface area contributed by atoms with Crippen molar-refractivity contribution in [3.8, 4) is 0 Å². The molecule has 0 radical (unpaired) electrons. The number of likely N-dealkylation sites (N-methyl/N-ethyl adjacent to an activating group) is 1. The molecule has 50 valence electrons. The maximum atomic E-state index is 3.71. The fraction of sp³-hybridized carbons (Fsp3) is 0.571. The predicted octanol–water partition coefficient (Wildman–Crippen LogP) is 0.506. The van der Waals surface area contributed by atoms with Crippen LogP contribution in [0.5, 0.6) is 0 Å². The minimum atomic E-state index is 1.09. The Morgan fingerprint density at radius 3 is 2.67 bits per heavy atom. The van der Waals surface area contributed by atoms with Gasteiger partial charge in [-0.3, -0.25) is 4.58 Å². The van der Waals surface area contributed by atoms with E-state index >= 15 is 0 Å². The Hall–Kier alpha value is -0.790. The van der Waals surface area contributed by atoms with E-state index < -0.39 is 0 Å². The molecule has 0 atom stereocenters. The van der Waals surface area contributed by atoms with E-state index in [-0.39, 0.29) is 0 Å². The van der Waals surface area contributed by atoms with Crippen LogP contribution in [0.2, 0.25) is 0 Å². The Kier molecular flexibility index (Phi) is 1.56. The van der Waals surface area contributed by atoms with Crippen molar-refractivity contribution in [1.29, 1.82) is 0 Å². The maximum Gasteiger partial charge on any atom is 0.248 e. The third-order valence-corrected chi connectivity index (χ3v) is 1.86. The molecule has 1 aliphatic rings. The number of nitrogens with zero attached hydrogens (tertiary/aromatic N) is 2. The fourth-order valence-electron chi connectivity index (χ4n) is 1.02. The molecular formula is C7H13N2+. The lowest BCUT2D eigenvalue weighted by Gasteiger charge is -2.00. The first-order valence-electron chi connectivity index (χ1n) is 3.19. The van der Waals surface area contributed by atoms with Gasteiger partial charge in [-0.2, -0.15) is 0 Å². The second-order valence-corrected chi connectivity index (χ2v) is 2.34. The summed E-state index contributed by atoms with van der Waals surface area (Å²) in [5.41, 5.74) is 0. The topological polar surface area (TPSA) is 6.25 Å². The van der Waals surface area contributed by atoms with Crippen LogP contribution < -0.4 is 0 Å². The van der Waals surface area contributed by atoms with Gasteiger partial charge in [0.25, 0.3) is 0 Å². The molecule has 0 unspecified atom stereocenters. The second-order valence-electron chi connectivity index (χ2n) is 2.34. The number of amidine groups is 1. The van der Waals surface area contributed by atoms with Gasteiger partial charge in [-0.25, -0.2) is 4.90 Å². The van der Waals surface area contributed by atoms with Crippen molar-refractivity contribution in [2.75, 3.05) is 20.1 Å². The van der Waals surface area contributed by atoms with Gasteiger partial charge in [0.1, 0.15) is 13.1 Å². The Bertz CT molecular complexity index is 158. The lowest BCUT2D eigenvalue weighted by atomic mass is 10.5. The van der Waals surface area contributed by atoms with Crippen LogP contribution in [0.4, 0.5) is 0 Å². The summed E-state index contributed by atoms with van der Waals surface area (Å²) in [6.45, 7) is 8.02. The summed E-state index contributed by atoms with van der Waals surface area (Å²) in [6.07, 6.45) is 1.87. The van der Waals surface area contributed by atoms with Gasteiger partial charge in [-0.1, -0.05) is 6.58 Å². The van der Waals surface area contributed by atoms with Crippen molar-refractivity contribution >= 4 is 5.84 Å². The lowest BCUT2D eigenvalue weighted by Crippen LogP contribution is -2.19. The van der Waals surface area contributed by atoms with E-state index in [1.165, 1.54) is 5.84 Å². The van der Waals surface area contributed by atoms with Crippen molar-refractivity contribution in [3.05, 3.63) is 12.8 Å². The van der Waals surface area contributed by atoms with E-state index in [1.807, 2.05) is 6.20 Å². The first kappa shape index (κ1) is 6.33. The molecule has 0 bridgehead atoms. The Balaban J connectivity index is 2.74. The van der Waals surface area contributed by atoms with Gasteiger partial charge < -0.3 is 0 Å². The lowest BCUT2D eigenvalue weighted by molar-refractivity contribution is -0.487. The minimum Gasteiger partial charge on any atom is -0.264 e. The molecule has 0 N–H and O–H groups in total. The Labute approximate surface area is 56.1 Å². The third-order valence-electron chi connectivity index (χ3n) is 1.86. The van der Waals surface area contributed by atoms with Gasteiger partial charge in [0, 0.05) is 6.92 Å². The van der Waals surface area contributed by atoms with Gasteiger partial charge in [0.2, 0.25) is 5.84 Å². The zero-order valence-electron chi connectivity index (χ0n) is 6.09. The fourth-order valence-corrected chi connectivity index (χ4v) is 1.02. The maximum absolute atomic E-state index is 3.71. The highest BCUT2D eigenvalue weighted by Crippen LogP contribution is 1.98. The molecule has 0 fully saturated rings. The molecular weight excluding hydrogens is 112 g/mol. The zero-order valence-corrected chi connectivity index (χ0v) is 6.09. The van der Waals surface area contributed by atoms with Crippen molar-refractivity contribution in [2.45, 2.75) is 6.92 Å². The molecule has 0 aliphatic carbocycles. The quantitative estimate of drug-likeness (QED) is 0.463. The van der Waals surface area contributed by atoms with E-state index in [9.17, 15) is 0 Å². The van der Waals surface area contributed by atoms with Gasteiger partial charge in [-0.05, 0) is 0 Å². The predicted molar refractivity (Wildman–Crippen MR) is 38.6 cm³/mol. The van der Waals surface area contributed by atoms with Gasteiger partial charge in [0.15, 0.2) is 0 Å². The molecule has 0 aromatic heterocycles. The molecule has 0 aromatic rings. The monoisotopic (exact) mass is 125 g/mol. The molecule has 0 aromatic carbocycles. The van der Waals surface area contributed by atoms with Gasteiger partial charge >= 0.3 is 0 Å². The van der Waals surface area contributed by atoms with Crippen molar-refractivity contribution in [1.82, 2.24) is 4.90 Å². The third kappa shape index (κ3) is 0.969. The summed E-state index contributed by atoms with van der Waals surface area (Å²) < 4.78 is 2.22. The molecule has 2 heteroatoms. The van der Waals surface area contributed by atoms with Crippen molar-refractivity contribution in [2.24, 2.45) is 0 Å². The van der Waals surface area contributed by atoms with Crippen molar-refractivity contribution < 1.29 is 4.58 Å². The number of hydrogen-bond acceptors (Lipinski definition) is 1. The molecule has 0 saturated heterocycles. The van der Waals surface area contributed by atoms with E-state index in [0.29, 0.717) is 0 Å². The highest BCUT2D eigenvalue weighted by molar-refractivity contribution is 5.76. The van der Waals surface area contributed by atoms with Crippen LogP contribution in [0.25, 0.3) is 0 Å². The highest BCUT2D eigenvalue weighted by atomic mass is 15.3. The summed E-state index contributed by atoms with van der Waals surface area (Å²) in [5.74, 6) is 1.30. The van der Waals surface area contributed by atoms with Crippen LogP contribution in [0, 0.1) is 0 Å². The Morgan fingerprint density at radius 2 is 2.44 bits per heavy atom. The average Bonchev–Trinajstić information content (AvgIpc) is 2.15. The molecule has 2 nitrogen and oxygen atoms in total. The smallest absolute Gasteiger partial charge is 0.248 e. The largest absolute Gasteiger partial charge is 0.264 e. The van der Waals surface area contributed by atoms with E-state index in [4.69, 9.17) is 0 Å². The molecule has 9 heavy (non-hydrogen) atoms.